The number of para-hydroxylation sites is 1. The summed E-state index contributed by atoms with van der Waals surface area (Å²) in [5.41, 5.74) is 3.45. The number of hydrogen-bond donors (Lipinski definition) is 1. The van der Waals surface area contributed by atoms with Crippen molar-refractivity contribution in [3.05, 3.63) is 65.2 Å². The van der Waals surface area contributed by atoms with Gasteiger partial charge in [-0.25, -0.2) is 0 Å². The Hall–Kier alpha value is -2.96. The molecule has 1 heterocycles. The van der Waals surface area contributed by atoms with E-state index in [0.717, 1.165) is 28.8 Å². The molecule has 194 valence electrons. The third-order valence-electron chi connectivity index (χ3n) is 6.72. The molecule has 0 spiro atoms. The quantitative estimate of drug-likeness (QED) is 0.443. The van der Waals surface area contributed by atoms with E-state index in [2.05, 4.69) is 17.5 Å². The monoisotopic (exact) mass is 492 g/mol. The number of amides is 2. The summed E-state index contributed by atoms with van der Waals surface area (Å²) >= 11 is 0. The van der Waals surface area contributed by atoms with Gasteiger partial charge in [0, 0.05) is 26.5 Å². The van der Waals surface area contributed by atoms with Crippen molar-refractivity contribution in [1.82, 2.24) is 5.32 Å². The summed E-state index contributed by atoms with van der Waals surface area (Å²) in [5.74, 6) is -0.188. The molecule has 36 heavy (non-hydrogen) atoms. The minimum absolute atomic E-state index is 0.0628. The summed E-state index contributed by atoms with van der Waals surface area (Å²) in [6.45, 7) is 9.67. The van der Waals surface area contributed by atoms with Crippen LogP contribution in [0.1, 0.15) is 70.1 Å². The second-order valence-corrected chi connectivity index (χ2v) is 10.5. The largest absolute Gasteiger partial charge is 0.379 e. The van der Waals surface area contributed by atoms with E-state index in [4.69, 9.17) is 9.47 Å². The van der Waals surface area contributed by atoms with Gasteiger partial charge >= 0.3 is 0 Å². The van der Waals surface area contributed by atoms with Gasteiger partial charge in [-0.3, -0.25) is 9.59 Å². The van der Waals surface area contributed by atoms with Gasteiger partial charge in [0.1, 0.15) is 0 Å². The van der Waals surface area contributed by atoms with Crippen LogP contribution in [-0.2, 0) is 25.6 Å². The van der Waals surface area contributed by atoms with E-state index in [9.17, 15) is 9.59 Å². The molecule has 3 rings (SSSR count). The molecule has 6 heteroatoms. The number of nitrogens with zero attached hydrogens (tertiary/aromatic N) is 1. The lowest BCUT2D eigenvalue weighted by atomic mass is 10.0. The van der Waals surface area contributed by atoms with Gasteiger partial charge < -0.3 is 19.7 Å². The molecule has 2 aromatic rings. The number of carbonyl (C=O) groups excluding carboxylic acids is 2. The number of fused-ring (bicyclic) bond motifs is 2. The molecule has 2 amide bonds. The van der Waals surface area contributed by atoms with Crippen LogP contribution in [0.25, 0.3) is 12.2 Å². The minimum Gasteiger partial charge on any atom is -0.379 e. The Balaban J connectivity index is 1.51. The fourth-order valence-corrected chi connectivity index (χ4v) is 4.07. The van der Waals surface area contributed by atoms with Crippen molar-refractivity contribution < 1.29 is 19.1 Å². The maximum atomic E-state index is 13.3. The Labute approximate surface area is 215 Å². The fraction of sp³-hybridized carbons (Fsp3) is 0.467. The first-order valence-electron chi connectivity index (χ1n) is 12.7. The van der Waals surface area contributed by atoms with Gasteiger partial charge in [0.05, 0.1) is 30.0 Å². The number of nitrogens with one attached hydrogen (secondary N) is 1. The molecule has 1 aliphatic rings. The highest BCUT2D eigenvalue weighted by molar-refractivity contribution is 5.98. The highest BCUT2D eigenvalue weighted by Crippen LogP contribution is 2.29. The van der Waals surface area contributed by atoms with Crippen molar-refractivity contribution in [2.24, 2.45) is 0 Å². The average Bonchev–Trinajstić information content (AvgIpc) is 2.83. The zero-order valence-electron chi connectivity index (χ0n) is 22.3. The van der Waals surface area contributed by atoms with Gasteiger partial charge in [0.25, 0.3) is 0 Å². The Bertz CT molecular complexity index is 1070. The molecular weight excluding hydrogens is 452 g/mol. The van der Waals surface area contributed by atoms with Crippen molar-refractivity contribution in [2.75, 3.05) is 25.2 Å². The number of ether oxygens (including phenoxy) is 2. The molecular formula is C30H40N2O4. The van der Waals surface area contributed by atoms with Crippen LogP contribution in [0.2, 0.25) is 0 Å². The second-order valence-electron chi connectivity index (χ2n) is 10.5. The van der Waals surface area contributed by atoms with E-state index in [1.54, 1.807) is 12.0 Å². The van der Waals surface area contributed by atoms with Crippen LogP contribution in [0.3, 0.4) is 0 Å². The number of benzene rings is 2. The van der Waals surface area contributed by atoms with E-state index in [0.29, 0.717) is 26.1 Å². The van der Waals surface area contributed by atoms with E-state index in [1.165, 1.54) is 0 Å². The van der Waals surface area contributed by atoms with Crippen LogP contribution in [0.4, 0.5) is 5.69 Å². The topological polar surface area (TPSA) is 67.9 Å². The highest BCUT2D eigenvalue weighted by Gasteiger charge is 2.23. The number of methoxy groups -OCH3 is 1. The predicted molar refractivity (Wildman–Crippen MR) is 146 cm³/mol. The van der Waals surface area contributed by atoms with Gasteiger partial charge in [-0.05, 0) is 63.3 Å². The molecule has 0 saturated heterocycles. The zero-order valence-corrected chi connectivity index (χ0v) is 22.3. The Morgan fingerprint density at radius 2 is 1.56 bits per heavy atom. The SMILES string of the molecule is COC(C)(C)CCOC(C)(C)CCNC(=O)CCC(=O)N1Cc2ccccc2/C=C\c2ccccc21. The Morgan fingerprint density at radius 3 is 2.31 bits per heavy atom. The van der Waals surface area contributed by atoms with Crippen LogP contribution < -0.4 is 10.2 Å². The molecule has 0 saturated carbocycles. The van der Waals surface area contributed by atoms with Crippen LogP contribution in [0, 0.1) is 0 Å². The summed E-state index contributed by atoms with van der Waals surface area (Å²) < 4.78 is 11.4. The Kier molecular flexibility index (Phi) is 9.46. The van der Waals surface area contributed by atoms with E-state index in [1.807, 2.05) is 76.2 Å². The third kappa shape index (κ3) is 8.04. The molecule has 6 nitrogen and oxygen atoms in total. The summed E-state index contributed by atoms with van der Waals surface area (Å²) in [7, 11) is 1.70. The van der Waals surface area contributed by atoms with E-state index < -0.39 is 0 Å². The number of anilines is 1. The Morgan fingerprint density at radius 1 is 0.889 bits per heavy atom. The van der Waals surface area contributed by atoms with E-state index >= 15 is 0 Å². The van der Waals surface area contributed by atoms with E-state index in [-0.39, 0.29) is 35.9 Å². The molecule has 1 N–H and O–H groups in total. The first kappa shape index (κ1) is 27.6. The van der Waals surface area contributed by atoms with Crippen LogP contribution in [0.15, 0.2) is 48.5 Å². The lowest BCUT2D eigenvalue weighted by Crippen LogP contribution is -2.35. The van der Waals surface area contributed by atoms with Crippen molar-refractivity contribution in [3.63, 3.8) is 0 Å². The van der Waals surface area contributed by atoms with Gasteiger partial charge in [-0.15, -0.1) is 0 Å². The molecule has 2 aromatic carbocycles. The third-order valence-corrected chi connectivity index (χ3v) is 6.72. The molecule has 1 aliphatic heterocycles. The predicted octanol–water partition coefficient (Wildman–Crippen LogP) is 5.60. The molecule has 0 atom stereocenters. The molecule has 0 radical (unpaired) electrons. The molecule has 0 unspecified atom stereocenters. The standard InChI is InChI=1S/C30H40N2O4/c1-29(2,35-5)19-21-36-30(3,4)18-20-31-27(33)16-17-28(34)32-22-25-12-7-6-10-23(25)14-15-24-11-8-9-13-26(24)32/h6-15H,16-22H2,1-5H3,(H,31,33)/b15-14-. The van der Waals surface area contributed by atoms with Crippen LogP contribution in [0.5, 0.6) is 0 Å². The summed E-state index contributed by atoms with van der Waals surface area (Å²) in [4.78, 5) is 27.6. The average molecular weight is 493 g/mol. The van der Waals surface area contributed by atoms with Crippen LogP contribution in [-0.4, -0.2) is 43.3 Å². The van der Waals surface area contributed by atoms with Crippen molar-refractivity contribution in [3.8, 4) is 0 Å². The maximum Gasteiger partial charge on any atom is 0.227 e. The lowest BCUT2D eigenvalue weighted by Gasteiger charge is -2.29. The van der Waals surface area contributed by atoms with Crippen molar-refractivity contribution in [1.29, 1.82) is 0 Å². The van der Waals surface area contributed by atoms with Crippen molar-refractivity contribution >= 4 is 29.7 Å². The number of hydrogen-bond acceptors (Lipinski definition) is 4. The number of rotatable bonds is 11. The van der Waals surface area contributed by atoms with Gasteiger partial charge in [-0.2, -0.15) is 0 Å². The van der Waals surface area contributed by atoms with Crippen molar-refractivity contribution in [2.45, 2.75) is 71.1 Å². The zero-order chi connectivity index (χ0) is 26.2. The van der Waals surface area contributed by atoms with Gasteiger partial charge in [0.2, 0.25) is 11.8 Å². The van der Waals surface area contributed by atoms with Gasteiger partial charge in [0.15, 0.2) is 0 Å². The minimum atomic E-state index is -0.359. The fourth-order valence-electron chi connectivity index (χ4n) is 4.07. The highest BCUT2D eigenvalue weighted by atomic mass is 16.5. The molecule has 0 bridgehead atoms. The maximum absolute atomic E-state index is 13.3. The molecule has 0 aromatic heterocycles. The van der Waals surface area contributed by atoms with Crippen LogP contribution >= 0.6 is 0 Å². The molecule has 0 fully saturated rings. The summed E-state index contributed by atoms with van der Waals surface area (Å²) in [5, 5.41) is 2.95. The molecule has 0 aliphatic carbocycles. The smallest absolute Gasteiger partial charge is 0.227 e. The number of carbonyl (C=O) groups is 2. The first-order chi connectivity index (χ1) is 17.1. The van der Waals surface area contributed by atoms with Gasteiger partial charge in [-0.1, -0.05) is 54.6 Å². The lowest BCUT2D eigenvalue weighted by molar-refractivity contribution is -0.125. The summed E-state index contributed by atoms with van der Waals surface area (Å²) in [6.07, 6.45) is 5.91. The second kappa shape index (κ2) is 12.3. The summed E-state index contributed by atoms with van der Waals surface area (Å²) in [6, 6.07) is 16.0. The first-order valence-corrected chi connectivity index (χ1v) is 12.7. The normalized spacial score (nSPS) is 14.3.